The van der Waals surface area contributed by atoms with E-state index in [1.165, 1.54) is 5.57 Å². The van der Waals surface area contributed by atoms with Crippen LogP contribution in [0.3, 0.4) is 0 Å². The van der Waals surface area contributed by atoms with E-state index < -0.39 is 17.8 Å². The molecule has 1 unspecified atom stereocenters. The fourth-order valence-corrected chi connectivity index (χ4v) is 9.92. The van der Waals surface area contributed by atoms with E-state index in [2.05, 4.69) is 47.6 Å². The minimum absolute atomic E-state index is 0.0479. The highest BCUT2D eigenvalue weighted by atomic mass is 16.3. The van der Waals surface area contributed by atoms with Crippen molar-refractivity contribution in [3.63, 3.8) is 0 Å². The lowest BCUT2D eigenvalue weighted by molar-refractivity contribution is -0.241. The van der Waals surface area contributed by atoms with Crippen molar-refractivity contribution in [1.29, 1.82) is 0 Å². The second-order valence-electron chi connectivity index (χ2n) is 14.0. The topological polar surface area (TPSA) is 80.9 Å². The molecule has 190 valence electrons. The summed E-state index contributed by atoms with van der Waals surface area (Å²) >= 11 is 0. The Kier molecular flexibility index (Phi) is 6.47. The molecule has 0 aliphatic heterocycles. The van der Waals surface area contributed by atoms with E-state index in [1.54, 1.807) is 0 Å². The highest BCUT2D eigenvalue weighted by Gasteiger charge is 2.68. The lowest BCUT2D eigenvalue weighted by Crippen LogP contribution is -2.66. The average Bonchev–Trinajstić information content (AvgIpc) is 3.06. The van der Waals surface area contributed by atoms with Crippen LogP contribution in [-0.4, -0.2) is 44.3 Å². The second kappa shape index (κ2) is 8.32. The van der Waals surface area contributed by atoms with Gasteiger partial charge < -0.3 is 20.4 Å². The van der Waals surface area contributed by atoms with Crippen molar-refractivity contribution in [2.45, 2.75) is 124 Å². The molecule has 0 aromatic carbocycles. The van der Waals surface area contributed by atoms with Crippen molar-refractivity contribution in [3.05, 3.63) is 11.6 Å². The van der Waals surface area contributed by atoms with Crippen LogP contribution in [0.1, 0.15) is 99.8 Å². The van der Waals surface area contributed by atoms with E-state index in [-0.39, 0.29) is 40.1 Å². The molecule has 4 heteroatoms. The van der Waals surface area contributed by atoms with Gasteiger partial charge >= 0.3 is 0 Å². The molecule has 0 bridgehead atoms. The second-order valence-corrected chi connectivity index (χ2v) is 14.0. The van der Waals surface area contributed by atoms with Crippen LogP contribution in [0.4, 0.5) is 0 Å². The van der Waals surface area contributed by atoms with E-state index in [9.17, 15) is 20.4 Å². The maximum Gasteiger partial charge on any atom is 0.0654 e. The van der Waals surface area contributed by atoms with Crippen LogP contribution in [0, 0.1) is 45.8 Å². The Labute approximate surface area is 201 Å². The van der Waals surface area contributed by atoms with Gasteiger partial charge in [-0.1, -0.05) is 39.3 Å². The maximum atomic E-state index is 11.6. The highest BCUT2D eigenvalue weighted by molar-refractivity contribution is 5.17. The van der Waals surface area contributed by atoms with E-state index >= 15 is 0 Å². The van der Waals surface area contributed by atoms with Crippen molar-refractivity contribution >= 4 is 0 Å². The molecular weight excluding hydrogens is 412 g/mol. The lowest BCUT2D eigenvalue weighted by atomic mass is 9.39. The Balaban J connectivity index is 1.64. The first-order valence-corrected chi connectivity index (χ1v) is 13.6. The largest absolute Gasteiger partial charge is 0.393 e. The molecule has 4 saturated carbocycles. The van der Waals surface area contributed by atoms with Crippen molar-refractivity contribution in [2.75, 3.05) is 0 Å². The van der Waals surface area contributed by atoms with Crippen LogP contribution in [-0.2, 0) is 0 Å². The van der Waals surface area contributed by atoms with Gasteiger partial charge in [-0.2, -0.15) is 0 Å². The molecule has 0 amide bonds. The molecule has 4 N–H and O–H groups in total. The third kappa shape index (κ3) is 3.86. The van der Waals surface area contributed by atoms with Gasteiger partial charge in [0.2, 0.25) is 0 Å². The standard InChI is InChI=1S/C29H50O4/c1-17(2)9-8-12-29(7,33)18-10-13-27(5)19-16-22(31)25-26(3,4)23(32)11-14-28(25,6)20(19)15-21(30)24(18)27/h9,18-25,30-33H,8,10-16H2,1-7H3/t18-,19+,20-,21+,22-,23-,24-,25?,27+,28+,29-/m1/s1. The van der Waals surface area contributed by atoms with Crippen LogP contribution in [0.2, 0.25) is 0 Å². The molecule has 0 aromatic heterocycles. The molecule has 4 nitrogen and oxygen atoms in total. The molecular formula is C29H50O4. The van der Waals surface area contributed by atoms with Gasteiger partial charge in [-0.25, -0.2) is 0 Å². The van der Waals surface area contributed by atoms with E-state index in [0.717, 1.165) is 51.4 Å². The van der Waals surface area contributed by atoms with E-state index in [4.69, 9.17) is 0 Å². The summed E-state index contributed by atoms with van der Waals surface area (Å²) in [4.78, 5) is 0. The van der Waals surface area contributed by atoms with Crippen molar-refractivity contribution in [3.8, 4) is 0 Å². The van der Waals surface area contributed by atoms with Crippen molar-refractivity contribution in [2.24, 2.45) is 45.8 Å². The summed E-state index contributed by atoms with van der Waals surface area (Å²) in [7, 11) is 0. The average molecular weight is 463 g/mol. The minimum atomic E-state index is -0.793. The highest BCUT2D eigenvalue weighted by Crippen LogP contribution is 2.71. The first-order valence-electron chi connectivity index (χ1n) is 13.6. The van der Waals surface area contributed by atoms with Crippen LogP contribution in [0.5, 0.6) is 0 Å². The quantitative estimate of drug-likeness (QED) is 0.439. The Morgan fingerprint density at radius 1 is 0.909 bits per heavy atom. The molecule has 0 heterocycles. The molecule has 4 aliphatic carbocycles. The van der Waals surface area contributed by atoms with Crippen molar-refractivity contribution < 1.29 is 20.4 Å². The number of aliphatic hydroxyl groups is 4. The van der Waals surface area contributed by atoms with Gasteiger partial charge in [0.15, 0.2) is 0 Å². The number of rotatable bonds is 4. The Morgan fingerprint density at radius 2 is 1.48 bits per heavy atom. The summed E-state index contributed by atoms with van der Waals surface area (Å²) in [6, 6.07) is 0. The summed E-state index contributed by atoms with van der Waals surface area (Å²) in [5.74, 6) is 0.924. The number of aliphatic hydroxyl groups excluding tert-OH is 3. The van der Waals surface area contributed by atoms with Crippen LogP contribution in [0.25, 0.3) is 0 Å². The van der Waals surface area contributed by atoms with Gasteiger partial charge in [0.25, 0.3) is 0 Å². The van der Waals surface area contributed by atoms with Gasteiger partial charge in [-0.3, -0.25) is 0 Å². The Morgan fingerprint density at radius 3 is 2.12 bits per heavy atom. The van der Waals surface area contributed by atoms with E-state index in [1.807, 2.05) is 6.92 Å². The predicted octanol–water partition coefficient (Wildman–Crippen LogP) is 5.08. The molecule has 0 saturated heterocycles. The molecule has 4 aliphatic rings. The van der Waals surface area contributed by atoms with Gasteiger partial charge in [0.05, 0.1) is 23.9 Å². The summed E-state index contributed by atoms with van der Waals surface area (Å²) in [6.45, 7) is 15.1. The van der Waals surface area contributed by atoms with Gasteiger partial charge in [-0.15, -0.1) is 0 Å². The first-order chi connectivity index (χ1) is 15.2. The zero-order chi connectivity index (χ0) is 24.6. The molecule has 4 rings (SSSR count). The van der Waals surface area contributed by atoms with Crippen molar-refractivity contribution in [1.82, 2.24) is 0 Å². The zero-order valence-corrected chi connectivity index (χ0v) is 22.1. The van der Waals surface area contributed by atoms with Crippen LogP contribution < -0.4 is 0 Å². The lowest BCUT2D eigenvalue weighted by Gasteiger charge is -2.67. The number of hydrogen-bond donors (Lipinski definition) is 4. The summed E-state index contributed by atoms with van der Waals surface area (Å²) in [6.07, 6.45) is 7.74. The Hall–Kier alpha value is -0.420. The molecule has 0 spiro atoms. The fourth-order valence-electron chi connectivity index (χ4n) is 9.92. The summed E-state index contributed by atoms with van der Waals surface area (Å²) in [5.41, 5.74) is 0.0144. The fraction of sp³-hybridized carbons (Fsp3) is 0.931. The Bertz CT molecular complexity index is 768. The molecule has 0 aromatic rings. The van der Waals surface area contributed by atoms with Gasteiger partial charge in [0, 0.05) is 0 Å². The zero-order valence-electron chi connectivity index (χ0n) is 22.1. The number of allylic oxidation sites excluding steroid dienone is 2. The third-order valence-corrected chi connectivity index (χ3v) is 11.5. The van der Waals surface area contributed by atoms with Gasteiger partial charge in [0.1, 0.15) is 0 Å². The molecule has 11 atom stereocenters. The monoisotopic (exact) mass is 462 g/mol. The maximum absolute atomic E-state index is 11.6. The SMILES string of the molecule is CC(C)=CCC[C@@](C)(O)[C@@H]1CC[C@]2(C)[C@H]1[C@@H](O)C[C@@H]1[C@@H]2C[C@@H](O)C2C(C)(C)[C@H](O)CC[C@]21C. The number of fused-ring (bicyclic) bond motifs is 5. The van der Waals surface area contributed by atoms with Gasteiger partial charge in [-0.05, 0) is 118 Å². The minimum Gasteiger partial charge on any atom is -0.393 e. The third-order valence-electron chi connectivity index (χ3n) is 11.5. The number of hydrogen-bond acceptors (Lipinski definition) is 4. The predicted molar refractivity (Wildman–Crippen MR) is 132 cm³/mol. The summed E-state index contributed by atoms with van der Waals surface area (Å²) in [5, 5.41) is 45.5. The van der Waals surface area contributed by atoms with E-state index in [0.29, 0.717) is 11.8 Å². The molecule has 4 fully saturated rings. The van der Waals surface area contributed by atoms with Crippen LogP contribution in [0.15, 0.2) is 11.6 Å². The molecule has 33 heavy (non-hydrogen) atoms. The normalized spacial score (nSPS) is 50.5. The molecule has 0 radical (unpaired) electrons. The summed E-state index contributed by atoms with van der Waals surface area (Å²) < 4.78 is 0. The first kappa shape index (κ1) is 25.7. The van der Waals surface area contributed by atoms with Crippen LogP contribution >= 0.6 is 0 Å². The smallest absolute Gasteiger partial charge is 0.0654 e.